The molecule has 1 aromatic rings. The Morgan fingerprint density at radius 3 is 2.50 bits per heavy atom. The average molecular weight is 250 g/mol. The molecule has 7 heteroatoms. The number of alkyl halides is 3. The second kappa shape index (κ2) is 5.50. The van der Waals surface area contributed by atoms with E-state index in [1.807, 2.05) is 0 Å². The van der Waals surface area contributed by atoms with E-state index >= 15 is 0 Å². The number of halogens is 3. The smallest absolute Gasteiger partial charge is 0.420 e. The third kappa shape index (κ3) is 4.79. The van der Waals surface area contributed by atoms with Gasteiger partial charge in [0.15, 0.2) is 0 Å². The largest absolute Gasteiger partial charge is 0.487 e. The van der Waals surface area contributed by atoms with Gasteiger partial charge in [-0.1, -0.05) is 0 Å². The van der Waals surface area contributed by atoms with Crippen LogP contribution >= 0.6 is 11.6 Å². The summed E-state index contributed by atoms with van der Waals surface area (Å²) < 4.78 is 28.7. The highest BCUT2D eigenvalue weighted by Gasteiger charge is 2.27. The van der Waals surface area contributed by atoms with Crippen LogP contribution in [0.1, 0.15) is 0 Å². The summed E-state index contributed by atoms with van der Waals surface area (Å²) >= 11 is 4.61. The van der Waals surface area contributed by atoms with Gasteiger partial charge in [-0.05, 0) is 24.3 Å². The zero-order valence-corrected chi connectivity index (χ0v) is 8.97. The van der Waals surface area contributed by atoms with Gasteiger partial charge in [-0.3, -0.25) is 5.43 Å². The van der Waals surface area contributed by atoms with Gasteiger partial charge in [0.25, 0.3) is 0 Å². The molecule has 0 aromatic heterocycles. The lowest BCUT2D eigenvalue weighted by Crippen LogP contribution is -2.16. The van der Waals surface area contributed by atoms with Crippen molar-refractivity contribution in [2.24, 2.45) is 5.10 Å². The molecule has 0 heterocycles. The predicted octanol–water partition coefficient (Wildman–Crippen LogP) is 2.43. The van der Waals surface area contributed by atoms with Crippen LogP contribution in [-0.4, -0.2) is 19.0 Å². The molecule has 16 heavy (non-hydrogen) atoms. The number of hydrogen-bond acceptors (Lipinski definition) is 4. The van der Waals surface area contributed by atoms with Crippen molar-refractivity contribution in [2.45, 2.75) is 5.57 Å². The third-order valence-corrected chi connectivity index (χ3v) is 1.65. The molecule has 0 atom stereocenters. The molecule has 0 aliphatic carbocycles. The molecule has 0 spiro atoms. The highest BCUT2D eigenvalue weighted by atomic mass is 35.5. The van der Waals surface area contributed by atoms with Crippen molar-refractivity contribution in [2.75, 3.05) is 12.0 Å². The van der Waals surface area contributed by atoms with Crippen LogP contribution in [0.5, 0.6) is 5.75 Å². The molecule has 0 aliphatic heterocycles. The number of hydrogen-bond donors (Lipinski definition) is 2. The molecule has 0 saturated carbocycles. The Hall–Kier alpha value is -1.56. The van der Waals surface area contributed by atoms with E-state index in [0.29, 0.717) is 6.67 Å². The summed E-state index contributed by atoms with van der Waals surface area (Å²) in [5.74, 6) is -0.0136. The highest BCUT2D eigenvalue weighted by Crippen LogP contribution is 2.25. The number of nitrogens with one attached hydrogen (secondary N) is 2. The van der Waals surface area contributed by atoms with Crippen LogP contribution in [0.25, 0.3) is 0 Å². The van der Waals surface area contributed by atoms with Crippen LogP contribution in [0.3, 0.4) is 0 Å². The second-order valence-corrected chi connectivity index (χ2v) is 3.18. The van der Waals surface area contributed by atoms with Crippen LogP contribution in [-0.2, 0) is 0 Å². The second-order valence-electron chi connectivity index (χ2n) is 2.74. The van der Waals surface area contributed by atoms with Crippen molar-refractivity contribution >= 4 is 24.0 Å². The number of rotatable bonds is 6. The quantitative estimate of drug-likeness (QED) is 0.268. The van der Waals surface area contributed by atoms with Crippen molar-refractivity contribution in [3.8, 4) is 5.75 Å². The van der Waals surface area contributed by atoms with E-state index < -0.39 is 5.57 Å². The lowest BCUT2D eigenvalue weighted by molar-refractivity contribution is -0.0964. The van der Waals surface area contributed by atoms with E-state index in [4.69, 9.17) is 0 Å². The van der Waals surface area contributed by atoms with Gasteiger partial charge in [0, 0.05) is 24.0 Å². The summed E-state index contributed by atoms with van der Waals surface area (Å²) in [6.07, 6.45) is 0. The monoisotopic (exact) mass is 249 g/mol. The first-order valence-electron chi connectivity index (χ1n) is 4.29. The van der Waals surface area contributed by atoms with Crippen molar-refractivity contribution in [3.63, 3.8) is 0 Å². The van der Waals surface area contributed by atoms with Crippen LogP contribution in [0, 0.1) is 0 Å². The molecular weight excluding hydrogens is 240 g/mol. The van der Waals surface area contributed by atoms with Crippen LogP contribution < -0.4 is 15.5 Å². The van der Waals surface area contributed by atoms with E-state index in [1.165, 1.54) is 12.1 Å². The van der Waals surface area contributed by atoms with Crippen LogP contribution in [0.4, 0.5) is 14.5 Å². The van der Waals surface area contributed by atoms with Crippen LogP contribution in [0.2, 0.25) is 0 Å². The van der Waals surface area contributed by atoms with E-state index in [2.05, 4.69) is 38.9 Å². The number of anilines is 1. The van der Waals surface area contributed by atoms with E-state index in [1.54, 1.807) is 12.1 Å². The minimum atomic E-state index is -3.69. The Balaban J connectivity index is 2.51. The molecule has 0 saturated heterocycles. The van der Waals surface area contributed by atoms with E-state index in [9.17, 15) is 8.78 Å². The summed E-state index contributed by atoms with van der Waals surface area (Å²) in [5, 5.41) is 6.33. The molecule has 0 amide bonds. The number of benzene rings is 1. The first kappa shape index (κ1) is 12.5. The Labute approximate surface area is 96.2 Å². The molecule has 0 bridgehead atoms. The molecule has 4 nitrogen and oxygen atoms in total. The zero-order chi connectivity index (χ0) is 12.0. The number of ether oxygens (including phenoxy) is 1. The lowest BCUT2D eigenvalue weighted by Gasteiger charge is -2.11. The summed E-state index contributed by atoms with van der Waals surface area (Å²) in [6, 6.07) is 5.89. The zero-order valence-electron chi connectivity index (χ0n) is 8.21. The average Bonchev–Trinajstić information content (AvgIpc) is 2.19. The summed E-state index contributed by atoms with van der Waals surface area (Å²) in [6.45, 7) is 3.61. The Morgan fingerprint density at radius 2 is 2.00 bits per heavy atom. The van der Waals surface area contributed by atoms with E-state index in [0.717, 1.165) is 5.69 Å². The van der Waals surface area contributed by atoms with Crippen molar-refractivity contribution in [1.29, 1.82) is 0 Å². The highest BCUT2D eigenvalue weighted by molar-refractivity contribution is 6.20. The Morgan fingerprint density at radius 1 is 1.38 bits per heavy atom. The fourth-order valence-electron chi connectivity index (χ4n) is 0.972. The molecule has 0 aliphatic rings. The maximum atomic E-state index is 12.3. The molecule has 88 valence electrons. The molecule has 1 rings (SSSR count). The van der Waals surface area contributed by atoms with Crippen molar-refractivity contribution < 1.29 is 13.5 Å². The Kier molecular flexibility index (Phi) is 4.30. The van der Waals surface area contributed by atoms with Crippen LogP contribution in [0.15, 0.2) is 29.4 Å². The van der Waals surface area contributed by atoms with Gasteiger partial charge in [0.2, 0.25) is 0 Å². The molecule has 0 unspecified atom stereocenters. The number of hydrazone groups is 1. The van der Waals surface area contributed by atoms with E-state index in [-0.39, 0.29) is 5.75 Å². The molecular formula is C9H10ClF2N3O. The minimum absolute atomic E-state index is 0.0136. The maximum absolute atomic E-state index is 12.3. The standard InChI is InChI=1S/C9H10ClF2N3O/c1-13-15-6-14-7-2-4-8(5-3-7)16-9(10,11)12/h2-5,14-15H,1,6H2. The van der Waals surface area contributed by atoms with Gasteiger partial charge in [0.1, 0.15) is 12.4 Å². The maximum Gasteiger partial charge on any atom is 0.487 e. The summed E-state index contributed by atoms with van der Waals surface area (Å²) in [7, 11) is 0. The molecule has 2 N–H and O–H groups in total. The Bertz CT molecular complexity index is 340. The minimum Gasteiger partial charge on any atom is -0.420 e. The van der Waals surface area contributed by atoms with Gasteiger partial charge in [-0.2, -0.15) is 5.10 Å². The SMILES string of the molecule is C=NNCNc1ccc(OC(F)(F)Cl)cc1. The summed E-state index contributed by atoms with van der Waals surface area (Å²) in [4.78, 5) is 0. The van der Waals surface area contributed by atoms with Crippen molar-refractivity contribution in [1.82, 2.24) is 5.43 Å². The molecule has 1 aromatic carbocycles. The topological polar surface area (TPSA) is 45.7 Å². The third-order valence-electron chi connectivity index (χ3n) is 1.57. The van der Waals surface area contributed by atoms with Gasteiger partial charge in [-0.15, -0.1) is 8.78 Å². The van der Waals surface area contributed by atoms with Gasteiger partial charge < -0.3 is 10.1 Å². The van der Waals surface area contributed by atoms with Gasteiger partial charge in [0.05, 0.1) is 0 Å². The fourth-order valence-corrected chi connectivity index (χ4v) is 1.06. The normalized spacial score (nSPS) is 10.7. The molecule has 0 radical (unpaired) electrons. The lowest BCUT2D eigenvalue weighted by atomic mass is 10.3. The van der Waals surface area contributed by atoms with Gasteiger partial charge >= 0.3 is 5.57 Å². The molecule has 0 fully saturated rings. The predicted molar refractivity (Wildman–Crippen MR) is 59.0 cm³/mol. The van der Waals surface area contributed by atoms with Gasteiger partial charge in [-0.25, -0.2) is 0 Å². The summed E-state index contributed by atoms with van der Waals surface area (Å²) in [5.41, 5.74) is -0.388. The number of nitrogens with zero attached hydrogens (tertiary/aromatic N) is 1. The first-order chi connectivity index (χ1) is 7.51. The fraction of sp³-hybridized carbons (Fsp3) is 0.222. The first-order valence-corrected chi connectivity index (χ1v) is 4.67. The van der Waals surface area contributed by atoms with Crippen molar-refractivity contribution in [3.05, 3.63) is 24.3 Å².